The molecule has 0 heterocycles. The highest BCUT2D eigenvalue weighted by molar-refractivity contribution is 6.31. The number of ether oxygens (including phenoxy) is 3. The normalized spacial score (nSPS) is 10.8. The fourth-order valence-electron chi connectivity index (χ4n) is 1.70. The summed E-state index contributed by atoms with van der Waals surface area (Å²) in [5.74, 6) is 0.164. The first-order valence-electron chi connectivity index (χ1n) is 6.57. The Morgan fingerprint density at radius 2 is 1.68 bits per heavy atom. The summed E-state index contributed by atoms with van der Waals surface area (Å²) in [7, 11) is 2.91. The van der Waals surface area contributed by atoms with E-state index in [1.807, 2.05) is 0 Å². The van der Waals surface area contributed by atoms with Crippen LogP contribution in [0.15, 0.2) is 12.1 Å². The Hall–Kier alpha value is -1.95. The average Bonchev–Trinajstić information content (AvgIpc) is 2.43. The van der Waals surface area contributed by atoms with Crippen LogP contribution in [0.4, 0.5) is 10.5 Å². The number of ketones is 1. The molecule has 0 saturated heterocycles. The number of nitrogens with one attached hydrogen (secondary N) is 1. The van der Waals surface area contributed by atoms with Gasteiger partial charge in [-0.25, -0.2) is 4.79 Å². The summed E-state index contributed by atoms with van der Waals surface area (Å²) < 4.78 is 15.5. The molecule has 0 unspecified atom stereocenters. The molecule has 0 radical (unpaired) electrons. The quantitative estimate of drug-likeness (QED) is 0.661. The van der Waals surface area contributed by atoms with Crippen LogP contribution in [0.3, 0.4) is 0 Å². The molecule has 0 fully saturated rings. The van der Waals surface area contributed by atoms with E-state index in [4.69, 9.17) is 25.8 Å². The summed E-state index contributed by atoms with van der Waals surface area (Å²) in [6, 6.07) is 2.96. The average molecular weight is 330 g/mol. The van der Waals surface area contributed by atoms with Gasteiger partial charge in [0.2, 0.25) is 0 Å². The van der Waals surface area contributed by atoms with Gasteiger partial charge in [-0.3, -0.25) is 10.1 Å². The predicted molar refractivity (Wildman–Crippen MR) is 84.5 cm³/mol. The maximum Gasteiger partial charge on any atom is 0.412 e. The SMILES string of the molecule is COc1cc(NC(=O)OC(C)(C)C)c(C(=O)CCl)cc1OC. The highest BCUT2D eigenvalue weighted by atomic mass is 35.5. The Labute approximate surface area is 134 Å². The first kappa shape index (κ1) is 18.1. The number of amides is 1. The summed E-state index contributed by atoms with van der Waals surface area (Å²) in [6.45, 7) is 5.23. The summed E-state index contributed by atoms with van der Waals surface area (Å²) >= 11 is 5.61. The zero-order valence-electron chi connectivity index (χ0n) is 13.3. The molecule has 0 aliphatic carbocycles. The van der Waals surface area contributed by atoms with Gasteiger partial charge >= 0.3 is 6.09 Å². The van der Waals surface area contributed by atoms with E-state index in [0.29, 0.717) is 11.5 Å². The molecule has 1 aromatic carbocycles. The van der Waals surface area contributed by atoms with Gasteiger partial charge in [0.1, 0.15) is 5.60 Å². The highest BCUT2D eigenvalue weighted by Crippen LogP contribution is 2.34. The van der Waals surface area contributed by atoms with Gasteiger partial charge in [0.25, 0.3) is 0 Å². The second-order valence-electron chi connectivity index (χ2n) is 5.44. The van der Waals surface area contributed by atoms with Crippen LogP contribution < -0.4 is 14.8 Å². The first-order chi connectivity index (χ1) is 10.2. The number of methoxy groups -OCH3 is 2. The van der Waals surface area contributed by atoms with Crippen molar-refractivity contribution in [2.24, 2.45) is 0 Å². The Kier molecular flexibility index (Phi) is 6.05. The van der Waals surface area contributed by atoms with Crippen molar-refractivity contribution in [1.29, 1.82) is 0 Å². The molecule has 22 heavy (non-hydrogen) atoms. The second-order valence-corrected chi connectivity index (χ2v) is 5.70. The number of hydrogen-bond donors (Lipinski definition) is 1. The molecule has 0 bridgehead atoms. The van der Waals surface area contributed by atoms with Crippen molar-refractivity contribution >= 4 is 29.2 Å². The molecular formula is C15H20ClNO5. The summed E-state index contributed by atoms with van der Waals surface area (Å²) in [5, 5.41) is 2.53. The zero-order chi connectivity index (χ0) is 16.9. The van der Waals surface area contributed by atoms with E-state index in [2.05, 4.69) is 5.32 Å². The predicted octanol–water partition coefficient (Wildman–Crippen LogP) is 3.47. The first-order valence-corrected chi connectivity index (χ1v) is 7.10. The lowest BCUT2D eigenvalue weighted by molar-refractivity contribution is 0.0636. The number of Topliss-reactive ketones (excluding diaryl/α,β-unsaturated/α-hetero) is 1. The third kappa shape index (κ3) is 4.80. The minimum Gasteiger partial charge on any atom is -0.493 e. The van der Waals surface area contributed by atoms with Crippen molar-refractivity contribution in [2.75, 3.05) is 25.4 Å². The fraction of sp³-hybridized carbons (Fsp3) is 0.467. The maximum absolute atomic E-state index is 11.9. The van der Waals surface area contributed by atoms with Crippen molar-refractivity contribution < 1.29 is 23.8 Å². The topological polar surface area (TPSA) is 73.9 Å². The van der Waals surface area contributed by atoms with Crippen molar-refractivity contribution in [2.45, 2.75) is 26.4 Å². The van der Waals surface area contributed by atoms with Gasteiger partial charge in [-0.2, -0.15) is 0 Å². The highest BCUT2D eigenvalue weighted by Gasteiger charge is 2.21. The number of hydrogen-bond acceptors (Lipinski definition) is 5. The number of benzene rings is 1. The van der Waals surface area contributed by atoms with E-state index in [1.165, 1.54) is 26.4 Å². The smallest absolute Gasteiger partial charge is 0.412 e. The van der Waals surface area contributed by atoms with E-state index in [-0.39, 0.29) is 22.9 Å². The van der Waals surface area contributed by atoms with Crippen LogP contribution in [0.5, 0.6) is 11.5 Å². The summed E-state index contributed by atoms with van der Waals surface area (Å²) in [5.41, 5.74) is -0.187. The van der Waals surface area contributed by atoms with Crippen LogP contribution in [-0.2, 0) is 4.74 Å². The molecule has 0 aliphatic rings. The largest absolute Gasteiger partial charge is 0.493 e. The van der Waals surface area contributed by atoms with Crippen molar-refractivity contribution in [1.82, 2.24) is 0 Å². The van der Waals surface area contributed by atoms with E-state index >= 15 is 0 Å². The van der Waals surface area contributed by atoms with Crippen LogP contribution in [-0.4, -0.2) is 37.6 Å². The molecule has 0 aliphatic heterocycles. The minimum absolute atomic E-state index is 0.221. The fourth-order valence-corrected chi connectivity index (χ4v) is 1.84. The van der Waals surface area contributed by atoms with E-state index in [1.54, 1.807) is 20.8 Å². The number of carbonyl (C=O) groups excluding carboxylic acids is 2. The van der Waals surface area contributed by atoms with Crippen LogP contribution >= 0.6 is 11.6 Å². The molecule has 0 atom stereocenters. The lowest BCUT2D eigenvalue weighted by Gasteiger charge is -2.21. The minimum atomic E-state index is -0.677. The Bertz CT molecular complexity index is 566. The van der Waals surface area contributed by atoms with Gasteiger partial charge in [0.15, 0.2) is 17.3 Å². The molecule has 7 heteroatoms. The number of rotatable bonds is 5. The molecular weight excluding hydrogens is 310 g/mol. The maximum atomic E-state index is 11.9. The van der Waals surface area contributed by atoms with Gasteiger partial charge in [0, 0.05) is 11.6 Å². The molecule has 1 aromatic rings. The van der Waals surface area contributed by atoms with E-state index in [0.717, 1.165) is 0 Å². The Morgan fingerprint density at radius 3 is 2.14 bits per heavy atom. The van der Waals surface area contributed by atoms with Gasteiger partial charge in [0.05, 0.1) is 25.8 Å². The van der Waals surface area contributed by atoms with E-state index in [9.17, 15) is 9.59 Å². The number of halogens is 1. The lowest BCUT2D eigenvalue weighted by Crippen LogP contribution is -2.27. The third-order valence-corrected chi connectivity index (χ3v) is 2.82. The monoisotopic (exact) mass is 329 g/mol. The van der Waals surface area contributed by atoms with Gasteiger partial charge in [-0.05, 0) is 26.8 Å². The van der Waals surface area contributed by atoms with Crippen LogP contribution in [0, 0.1) is 0 Å². The molecule has 1 rings (SSSR count). The number of carbonyl (C=O) groups is 2. The zero-order valence-corrected chi connectivity index (χ0v) is 14.0. The summed E-state index contributed by atoms with van der Waals surface area (Å²) in [4.78, 5) is 23.8. The van der Waals surface area contributed by atoms with Gasteiger partial charge in [-0.15, -0.1) is 11.6 Å². The van der Waals surface area contributed by atoms with Crippen LogP contribution in [0.2, 0.25) is 0 Å². The molecule has 0 saturated carbocycles. The third-order valence-electron chi connectivity index (χ3n) is 2.58. The van der Waals surface area contributed by atoms with Gasteiger partial charge in [-0.1, -0.05) is 0 Å². The number of alkyl halides is 1. The molecule has 122 valence electrons. The van der Waals surface area contributed by atoms with Crippen molar-refractivity contribution in [3.63, 3.8) is 0 Å². The van der Waals surface area contributed by atoms with Crippen LogP contribution in [0.25, 0.3) is 0 Å². The molecule has 1 N–H and O–H groups in total. The lowest BCUT2D eigenvalue weighted by atomic mass is 10.1. The van der Waals surface area contributed by atoms with Gasteiger partial charge < -0.3 is 14.2 Å². The molecule has 6 nitrogen and oxygen atoms in total. The van der Waals surface area contributed by atoms with Crippen molar-refractivity contribution in [3.8, 4) is 11.5 Å². The van der Waals surface area contributed by atoms with Crippen LogP contribution in [0.1, 0.15) is 31.1 Å². The molecule has 0 spiro atoms. The van der Waals surface area contributed by atoms with E-state index < -0.39 is 11.7 Å². The second kappa shape index (κ2) is 7.35. The Balaban J connectivity index is 3.20. The summed E-state index contributed by atoms with van der Waals surface area (Å²) in [6.07, 6.45) is -0.677. The van der Waals surface area contributed by atoms with Crippen molar-refractivity contribution in [3.05, 3.63) is 17.7 Å². The number of anilines is 1. The molecule has 0 aromatic heterocycles. The Morgan fingerprint density at radius 1 is 1.14 bits per heavy atom. The standard InChI is InChI=1S/C15H20ClNO5/c1-15(2,3)22-14(19)17-10-7-13(21-5)12(20-4)6-9(10)11(18)8-16/h6-7H,8H2,1-5H3,(H,17,19). The molecule has 1 amide bonds.